The molecule has 1 aromatic carbocycles. The van der Waals surface area contributed by atoms with Gasteiger partial charge < -0.3 is 14.5 Å². The molecule has 168 valence electrons. The van der Waals surface area contributed by atoms with Crippen LogP contribution in [0.15, 0.2) is 48.9 Å². The molecule has 1 aliphatic heterocycles. The molecule has 0 radical (unpaired) electrons. The Bertz CT molecular complexity index is 1050. The van der Waals surface area contributed by atoms with Crippen molar-refractivity contribution in [2.24, 2.45) is 7.05 Å². The molecule has 3 heterocycles. The molecule has 0 unspecified atom stereocenters. The van der Waals surface area contributed by atoms with Gasteiger partial charge in [0.05, 0.1) is 31.0 Å². The van der Waals surface area contributed by atoms with E-state index in [2.05, 4.69) is 10.1 Å². The third-order valence-electron chi connectivity index (χ3n) is 5.69. The maximum Gasteiger partial charge on any atom is 0.226 e. The Hall–Kier alpha value is -3.42. The van der Waals surface area contributed by atoms with Gasteiger partial charge in [0.25, 0.3) is 0 Å². The van der Waals surface area contributed by atoms with Crippen LogP contribution < -0.4 is 9.64 Å². The monoisotopic (exact) mass is 434 g/mol. The summed E-state index contributed by atoms with van der Waals surface area (Å²) in [4.78, 5) is 26.5. The third kappa shape index (κ3) is 4.90. The van der Waals surface area contributed by atoms with Crippen molar-refractivity contribution in [1.82, 2.24) is 24.6 Å². The van der Waals surface area contributed by atoms with Crippen LogP contribution in [0.3, 0.4) is 0 Å². The standard InChI is InChI=1S/C24H30N6O2/c1-28(2)24-25-16-20(18-15-26-29(3)17-18)23(27-24)21-11-7-8-13-30(21)22(31)12-14-32-19-9-5-4-6-10-19/h4-6,9-10,15-17,21H,7-8,11-14H2,1-3H3/t21-/m0/s1. The Morgan fingerprint density at radius 2 is 2.00 bits per heavy atom. The zero-order valence-corrected chi connectivity index (χ0v) is 18.9. The van der Waals surface area contributed by atoms with Gasteiger partial charge in [-0.05, 0) is 31.4 Å². The second kappa shape index (κ2) is 9.80. The largest absolute Gasteiger partial charge is 0.493 e. The number of hydrogen-bond acceptors (Lipinski definition) is 6. The van der Waals surface area contributed by atoms with Crippen LogP contribution in [-0.4, -0.2) is 57.8 Å². The van der Waals surface area contributed by atoms with E-state index in [-0.39, 0.29) is 11.9 Å². The number of nitrogens with zero attached hydrogens (tertiary/aromatic N) is 6. The zero-order valence-electron chi connectivity index (χ0n) is 18.9. The molecular formula is C24H30N6O2. The van der Waals surface area contributed by atoms with Gasteiger partial charge in [-0.3, -0.25) is 9.48 Å². The number of rotatable bonds is 7. The molecule has 1 aliphatic rings. The number of aromatic nitrogens is 4. The van der Waals surface area contributed by atoms with E-state index in [1.54, 1.807) is 4.68 Å². The summed E-state index contributed by atoms with van der Waals surface area (Å²) in [5.74, 6) is 1.51. The third-order valence-corrected chi connectivity index (χ3v) is 5.69. The van der Waals surface area contributed by atoms with Gasteiger partial charge in [0.1, 0.15) is 5.75 Å². The van der Waals surface area contributed by atoms with Crippen LogP contribution in [0, 0.1) is 0 Å². The Morgan fingerprint density at radius 3 is 2.72 bits per heavy atom. The fourth-order valence-corrected chi connectivity index (χ4v) is 4.07. The maximum atomic E-state index is 13.2. The number of amides is 1. The number of carbonyl (C=O) groups is 1. The predicted molar refractivity (Wildman–Crippen MR) is 123 cm³/mol. The number of anilines is 1. The Morgan fingerprint density at radius 1 is 1.19 bits per heavy atom. The molecule has 32 heavy (non-hydrogen) atoms. The average molecular weight is 435 g/mol. The summed E-state index contributed by atoms with van der Waals surface area (Å²) in [6, 6.07) is 9.50. The molecule has 8 heteroatoms. The molecule has 8 nitrogen and oxygen atoms in total. The van der Waals surface area contributed by atoms with Crippen molar-refractivity contribution in [2.75, 3.05) is 32.1 Å². The van der Waals surface area contributed by atoms with Crippen LogP contribution >= 0.6 is 0 Å². The van der Waals surface area contributed by atoms with E-state index in [1.165, 1.54) is 0 Å². The maximum absolute atomic E-state index is 13.2. The highest BCUT2D eigenvalue weighted by molar-refractivity contribution is 5.77. The number of benzene rings is 1. The predicted octanol–water partition coefficient (Wildman–Crippen LogP) is 3.47. The van der Waals surface area contributed by atoms with Crippen LogP contribution in [0.25, 0.3) is 11.1 Å². The minimum absolute atomic E-state index is 0.0905. The van der Waals surface area contributed by atoms with E-state index in [0.29, 0.717) is 19.0 Å². The van der Waals surface area contributed by atoms with Gasteiger partial charge in [0, 0.05) is 51.2 Å². The fraction of sp³-hybridized carbons (Fsp3) is 0.417. The van der Waals surface area contributed by atoms with Gasteiger partial charge in [0.15, 0.2) is 0 Å². The van der Waals surface area contributed by atoms with E-state index < -0.39 is 0 Å². The first kappa shape index (κ1) is 21.8. The Balaban J connectivity index is 1.58. The number of hydrogen-bond donors (Lipinski definition) is 0. The molecule has 0 aliphatic carbocycles. The van der Waals surface area contributed by atoms with E-state index in [0.717, 1.165) is 48.4 Å². The summed E-state index contributed by atoms with van der Waals surface area (Å²) in [6.45, 7) is 1.08. The molecule has 0 saturated carbocycles. The zero-order chi connectivity index (χ0) is 22.5. The first-order valence-corrected chi connectivity index (χ1v) is 11.0. The van der Waals surface area contributed by atoms with Gasteiger partial charge >= 0.3 is 0 Å². The molecule has 1 saturated heterocycles. The smallest absolute Gasteiger partial charge is 0.226 e. The molecule has 0 spiro atoms. The second-order valence-corrected chi connectivity index (χ2v) is 8.28. The van der Waals surface area contributed by atoms with Crippen LogP contribution in [0.4, 0.5) is 5.95 Å². The SMILES string of the molecule is CN(C)c1ncc(-c2cnn(C)c2)c([C@@H]2CCCCN2C(=O)CCOc2ccccc2)n1. The number of aryl methyl sites for hydroxylation is 1. The van der Waals surface area contributed by atoms with Crippen molar-refractivity contribution in [3.05, 3.63) is 54.6 Å². The summed E-state index contributed by atoms with van der Waals surface area (Å²) in [7, 11) is 5.74. The number of likely N-dealkylation sites (tertiary alicyclic amines) is 1. The Labute approximate surface area is 188 Å². The number of para-hydroxylation sites is 1. The summed E-state index contributed by atoms with van der Waals surface area (Å²) >= 11 is 0. The molecule has 0 N–H and O–H groups in total. The van der Waals surface area contributed by atoms with Crippen molar-refractivity contribution in [1.29, 1.82) is 0 Å². The molecule has 0 bridgehead atoms. The molecular weight excluding hydrogens is 404 g/mol. The highest BCUT2D eigenvalue weighted by Gasteiger charge is 2.31. The van der Waals surface area contributed by atoms with Crippen molar-refractivity contribution in [3.63, 3.8) is 0 Å². The Kier molecular flexibility index (Phi) is 6.68. The highest BCUT2D eigenvalue weighted by Crippen LogP contribution is 2.36. The molecule has 2 aromatic heterocycles. The van der Waals surface area contributed by atoms with Crippen molar-refractivity contribution >= 4 is 11.9 Å². The summed E-state index contributed by atoms with van der Waals surface area (Å²) in [5, 5.41) is 4.31. The summed E-state index contributed by atoms with van der Waals surface area (Å²) in [5.41, 5.74) is 2.76. The number of ether oxygens (including phenoxy) is 1. The van der Waals surface area contributed by atoms with Crippen LogP contribution in [0.2, 0.25) is 0 Å². The van der Waals surface area contributed by atoms with Crippen LogP contribution in [0.5, 0.6) is 5.75 Å². The number of piperidine rings is 1. The van der Waals surface area contributed by atoms with Crippen molar-refractivity contribution < 1.29 is 9.53 Å². The first-order chi connectivity index (χ1) is 15.5. The van der Waals surface area contributed by atoms with Crippen LogP contribution in [-0.2, 0) is 11.8 Å². The fourth-order valence-electron chi connectivity index (χ4n) is 4.07. The van der Waals surface area contributed by atoms with Gasteiger partial charge in [-0.1, -0.05) is 18.2 Å². The second-order valence-electron chi connectivity index (χ2n) is 8.28. The topological polar surface area (TPSA) is 76.4 Å². The minimum Gasteiger partial charge on any atom is -0.493 e. The summed E-state index contributed by atoms with van der Waals surface area (Å²) in [6.07, 6.45) is 8.89. The lowest BCUT2D eigenvalue weighted by molar-refractivity contribution is -0.135. The minimum atomic E-state index is -0.0927. The van der Waals surface area contributed by atoms with Gasteiger partial charge in [-0.25, -0.2) is 9.97 Å². The lowest BCUT2D eigenvalue weighted by Crippen LogP contribution is -2.39. The highest BCUT2D eigenvalue weighted by atomic mass is 16.5. The van der Waals surface area contributed by atoms with E-state index >= 15 is 0 Å². The van der Waals surface area contributed by atoms with Crippen LogP contribution in [0.1, 0.15) is 37.4 Å². The van der Waals surface area contributed by atoms with Gasteiger partial charge in [-0.2, -0.15) is 5.10 Å². The average Bonchev–Trinajstić information content (AvgIpc) is 3.25. The summed E-state index contributed by atoms with van der Waals surface area (Å²) < 4.78 is 7.53. The lowest BCUT2D eigenvalue weighted by Gasteiger charge is -2.36. The van der Waals surface area contributed by atoms with E-state index in [9.17, 15) is 4.79 Å². The molecule has 3 aromatic rings. The van der Waals surface area contributed by atoms with Gasteiger partial charge in [0.2, 0.25) is 11.9 Å². The molecule has 1 fully saturated rings. The quantitative estimate of drug-likeness (QED) is 0.567. The number of carbonyl (C=O) groups excluding carboxylic acids is 1. The van der Waals surface area contributed by atoms with E-state index in [1.807, 2.05) is 79.9 Å². The molecule has 4 rings (SSSR count). The lowest BCUT2D eigenvalue weighted by atomic mass is 9.94. The normalized spacial score (nSPS) is 16.1. The first-order valence-electron chi connectivity index (χ1n) is 11.0. The molecule has 1 atom stereocenters. The van der Waals surface area contributed by atoms with Crippen molar-refractivity contribution in [3.8, 4) is 16.9 Å². The van der Waals surface area contributed by atoms with Gasteiger partial charge in [-0.15, -0.1) is 0 Å². The molecule has 1 amide bonds. The van der Waals surface area contributed by atoms with E-state index in [4.69, 9.17) is 9.72 Å². The van der Waals surface area contributed by atoms with Crippen molar-refractivity contribution in [2.45, 2.75) is 31.7 Å².